The molecule has 1 saturated heterocycles. The number of amides is 1. The summed E-state index contributed by atoms with van der Waals surface area (Å²) < 4.78 is 5.08. The number of carbonyl (C=O) groups excluding carboxylic acids is 2. The third-order valence-corrected chi connectivity index (χ3v) is 6.60. The molecule has 0 spiro atoms. The van der Waals surface area contributed by atoms with Gasteiger partial charge in [-0.1, -0.05) is 36.8 Å². The molecule has 2 atom stereocenters. The van der Waals surface area contributed by atoms with E-state index in [1.807, 2.05) is 46.7 Å². The Labute approximate surface area is 151 Å². The van der Waals surface area contributed by atoms with Gasteiger partial charge in [0, 0.05) is 18.7 Å². The fourth-order valence-electron chi connectivity index (χ4n) is 4.44. The van der Waals surface area contributed by atoms with E-state index >= 15 is 0 Å². The predicted octanol–water partition coefficient (Wildman–Crippen LogP) is 3.83. The van der Waals surface area contributed by atoms with Gasteiger partial charge in [0.25, 0.3) is 5.91 Å². The molecule has 0 unspecified atom stereocenters. The summed E-state index contributed by atoms with van der Waals surface area (Å²) in [5, 5.41) is 1.96. The van der Waals surface area contributed by atoms with Crippen LogP contribution in [-0.4, -0.2) is 37.0 Å². The Hall–Kier alpha value is -2.14. The smallest absolute Gasteiger partial charge is 0.313 e. The van der Waals surface area contributed by atoms with Crippen LogP contribution in [0.15, 0.2) is 41.8 Å². The lowest BCUT2D eigenvalue weighted by Gasteiger charge is -2.25. The number of thiophene rings is 1. The van der Waals surface area contributed by atoms with Crippen LogP contribution in [-0.2, 0) is 9.53 Å². The van der Waals surface area contributed by atoms with Crippen LogP contribution in [0.4, 0.5) is 0 Å². The molecule has 130 valence electrons. The number of fused-ring (bicyclic) bond motifs is 1. The third-order valence-electron chi connectivity index (χ3n) is 5.69. The second-order valence-corrected chi connectivity index (χ2v) is 7.87. The summed E-state index contributed by atoms with van der Waals surface area (Å²) in [4.78, 5) is 28.2. The monoisotopic (exact) mass is 355 g/mol. The summed E-state index contributed by atoms with van der Waals surface area (Å²) in [5.41, 5.74) is 1.53. The highest BCUT2D eigenvalue weighted by Crippen LogP contribution is 2.50. The number of ether oxygens (including phenoxy) is 1. The molecule has 4 rings (SSSR count). The van der Waals surface area contributed by atoms with Crippen LogP contribution < -0.4 is 0 Å². The summed E-state index contributed by atoms with van der Waals surface area (Å²) in [7, 11) is 1.45. The van der Waals surface area contributed by atoms with E-state index < -0.39 is 5.41 Å². The molecule has 2 aliphatic rings. The highest BCUT2D eigenvalue weighted by Gasteiger charge is 2.56. The highest BCUT2D eigenvalue weighted by atomic mass is 32.1. The predicted molar refractivity (Wildman–Crippen MR) is 97.4 cm³/mol. The maximum atomic E-state index is 13.2. The minimum Gasteiger partial charge on any atom is -0.469 e. The van der Waals surface area contributed by atoms with Crippen molar-refractivity contribution in [1.29, 1.82) is 0 Å². The van der Waals surface area contributed by atoms with Crippen LogP contribution in [0.5, 0.6) is 0 Å². The van der Waals surface area contributed by atoms with Gasteiger partial charge in [-0.05, 0) is 35.8 Å². The lowest BCUT2D eigenvalue weighted by Crippen LogP contribution is -2.38. The number of methoxy groups -OCH3 is 1. The molecule has 25 heavy (non-hydrogen) atoms. The van der Waals surface area contributed by atoms with Crippen LogP contribution in [0.2, 0.25) is 0 Å². The van der Waals surface area contributed by atoms with Gasteiger partial charge in [-0.2, -0.15) is 0 Å². The fraction of sp³-hybridized carbons (Fsp3) is 0.400. The van der Waals surface area contributed by atoms with Gasteiger partial charge < -0.3 is 9.64 Å². The topological polar surface area (TPSA) is 46.6 Å². The molecule has 0 bridgehead atoms. The van der Waals surface area contributed by atoms with Crippen molar-refractivity contribution in [1.82, 2.24) is 4.90 Å². The standard InChI is InChI=1S/C20H21NO3S/c1-24-19(23)20-10-5-8-15(20)12-21(13-20)18(22)17-16(9-11-25-17)14-6-3-2-4-7-14/h2-4,6-7,9,11,15H,5,8,10,12-13H2,1H3/t15-,20-/m0/s1. The summed E-state index contributed by atoms with van der Waals surface area (Å²) in [5.74, 6) is 0.107. The van der Waals surface area contributed by atoms with Crippen LogP contribution in [0.25, 0.3) is 11.1 Å². The van der Waals surface area contributed by atoms with Gasteiger partial charge in [0.15, 0.2) is 0 Å². The second-order valence-electron chi connectivity index (χ2n) is 6.95. The van der Waals surface area contributed by atoms with Crippen molar-refractivity contribution in [2.75, 3.05) is 20.2 Å². The summed E-state index contributed by atoms with van der Waals surface area (Å²) in [6.07, 6.45) is 2.86. The van der Waals surface area contributed by atoms with Crippen molar-refractivity contribution >= 4 is 23.2 Å². The van der Waals surface area contributed by atoms with Crippen molar-refractivity contribution in [3.63, 3.8) is 0 Å². The van der Waals surface area contributed by atoms with Crippen molar-refractivity contribution in [2.24, 2.45) is 11.3 Å². The first kappa shape index (κ1) is 16.3. The van der Waals surface area contributed by atoms with Crippen LogP contribution in [0.1, 0.15) is 28.9 Å². The Morgan fingerprint density at radius 1 is 1.24 bits per heavy atom. The van der Waals surface area contributed by atoms with Gasteiger partial charge in [0.2, 0.25) is 0 Å². The molecule has 4 nitrogen and oxygen atoms in total. The molecule has 1 saturated carbocycles. The molecular formula is C20H21NO3S. The lowest BCUT2D eigenvalue weighted by atomic mass is 9.81. The summed E-state index contributed by atoms with van der Waals surface area (Å²) >= 11 is 1.47. The van der Waals surface area contributed by atoms with E-state index in [9.17, 15) is 9.59 Å². The summed E-state index contributed by atoms with van der Waals surface area (Å²) in [6, 6.07) is 12.0. The van der Waals surface area contributed by atoms with Gasteiger partial charge in [0.05, 0.1) is 17.4 Å². The number of carbonyl (C=O) groups is 2. The molecule has 1 aliphatic carbocycles. The quantitative estimate of drug-likeness (QED) is 0.786. The molecule has 2 heterocycles. The van der Waals surface area contributed by atoms with Gasteiger partial charge in [-0.3, -0.25) is 9.59 Å². The van der Waals surface area contributed by atoms with Gasteiger partial charge in [-0.25, -0.2) is 0 Å². The number of hydrogen-bond acceptors (Lipinski definition) is 4. The van der Waals surface area contributed by atoms with Gasteiger partial charge in [-0.15, -0.1) is 11.3 Å². The zero-order valence-corrected chi connectivity index (χ0v) is 15.1. The Balaban J connectivity index is 1.62. The molecule has 1 aliphatic heterocycles. The Kier molecular flexibility index (Phi) is 4.12. The number of benzene rings is 1. The van der Waals surface area contributed by atoms with E-state index in [1.165, 1.54) is 18.4 Å². The highest BCUT2D eigenvalue weighted by molar-refractivity contribution is 7.12. The van der Waals surface area contributed by atoms with Crippen LogP contribution in [0.3, 0.4) is 0 Å². The van der Waals surface area contributed by atoms with Crippen LogP contribution in [0, 0.1) is 11.3 Å². The van der Waals surface area contributed by atoms with E-state index in [0.717, 1.165) is 35.3 Å². The molecule has 0 N–H and O–H groups in total. The van der Waals surface area contributed by atoms with Gasteiger partial charge >= 0.3 is 5.97 Å². The SMILES string of the molecule is COC(=O)[C@]12CCC[C@H]1CN(C(=O)c1sccc1-c1ccccc1)C2. The minimum atomic E-state index is -0.491. The zero-order valence-electron chi connectivity index (χ0n) is 14.2. The first-order valence-corrected chi connectivity index (χ1v) is 9.54. The van der Waals surface area contributed by atoms with E-state index in [1.54, 1.807) is 0 Å². The van der Waals surface area contributed by atoms with E-state index in [2.05, 4.69) is 0 Å². The maximum Gasteiger partial charge on any atom is 0.313 e. The molecule has 5 heteroatoms. The Bertz CT molecular complexity index is 800. The summed E-state index contributed by atoms with van der Waals surface area (Å²) in [6.45, 7) is 1.13. The van der Waals surface area contributed by atoms with Crippen LogP contribution >= 0.6 is 11.3 Å². The minimum absolute atomic E-state index is 0.0338. The Morgan fingerprint density at radius 2 is 2.04 bits per heavy atom. The number of likely N-dealkylation sites (tertiary alicyclic amines) is 1. The molecule has 1 aromatic carbocycles. The molecule has 0 radical (unpaired) electrons. The molecule has 1 amide bonds. The average molecular weight is 355 g/mol. The molecule has 2 fully saturated rings. The van der Waals surface area contributed by atoms with Crippen molar-refractivity contribution in [3.8, 4) is 11.1 Å². The Morgan fingerprint density at radius 3 is 2.80 bits per heavy atom. The first-order chi connectivity index (χ1) is 12.2. The lowest BCUT2D eigenvalue weighted by molar-refractivity contribution is -0.153. The number of hydrogen-bond donors (Lipinski definition) is 0. The fourth-order valence-corrected chi connectivity index (χ4v) is 5.33. The number of nitrogens with zero attached hydrogens (tertiary/aromatic N) is 1. The van der Waals surface area contributed by atoms with E-state index in [0.29, 0.717) is 13.1 Å². The molecular weight excluding hydrogens is 334 g/mol. The van der Waals surface area contributed by atoms with Crippen molar-refractivity contribution < 1.29 is 14.3 Å². The second kappa shape index (κ2) is 6.30. The van der Waals surface area contributed by atoms with Crippen molar-refractivity contribution in [2.45, 2.75) is 19.3 Å². The van der Waals surface area contributed by atoms with E-state index in [-0.39, 0.29) is 17.8 Å². The number of esters is 1. The maximum absolute atomic E-state index is 13.2. The van der Waals surface area contributed by atoms with Crippen molar-refractivity contribution in [3.05, 3.63) is 46.7 Å². The van der Waals surface area contributed by atoms with Gasteiger partial charge in [0.1, 0.15) is 0 Å². The average Bonchev–Trinajstić information content (AvgIpc) is 3.35. The largest absolute Gasteiger partial charge is 0.469 e. The zero-order chi connectivity index (χ0) is 17.4. The molecule has 1 aromatic heterocycles. The molecule has 2 aromatic rings. The third kappa shape index (κ3) is 2.58. The number of rotatable bonds is 3. The van der Waals surface area contributed by atoms with E-state index in [4.69, 9.17) is 4.74 Å². The normalized spacial score (nSPS) is 25.0. The first-order valence-electron chi connectivity index (χ1n) is 8.66.